The highest BCUT2D eigenvalue weighted by molar-refractivity contribution is 7.80. The zero-order valence-electron chi connectivity index (χ0n) is 10.9. The monoisotopic (exact) mass is 305 g/mol. The van der Waals surface area contributed by atoms with Gasteiger partial charge in [0.2, 0.25) is 5.56 Å². The number of thiocarbonyl (C=S) groups is 1. The lowest BCUT2D eigenvalue weighted by Gasteiger charge is -2.07. The molecule has 21 heavy (non-hydrogen) atoms. The minimum absolute atomic E-state index is 0.0147. The van der Waals surface area contributed by atoms with Gasteiger partial charge in [-0.05, 0) is 12.1 Å². The van der Waals surface area contributed by atoms with Crippen molar-refractivity contribution in [2.75, 3.05) is 0 Å². The summed E-state index contributed by atoms with van der Waals surface area (Å²) in [6.07, 6.45) is 0. The molecule has 0 aliphatic carbocycles. The number of hydrogen-bond acceptors (Lipinski definition) is 3. The van der Waals surface area contributed by atoms with Gasteiger partial charge in [-0.15, -0.1) is 0 Å². The summed E-state index contributed by atoms with van der Waals surface area (Å²) in [5, 5.41) is 2.52. The Bertz CT molecular complexity index is 758. The van der Waals surface area contributed by atoms with E-state index in [0.717, 1.165) is 0 Å². The number of nitrogens with two attached hydrogens (primary N) is 1. The molecule has 0 unspecified atom stereocenters. The Balaban J connectivity index is 2.08. The summed E-state index contributed by atoms with van der Waals surface area (Å²) in [5.41, 5.74) is 5.85. The van der Waals surface area contributed by atoms with E-state index in [2.05, 4.69) is 10.3 Å². The third-order valence-electron chi connectivity index (χ3n) is 2.79. The van der Waals surface area contributed by atoms with Crippen LogP contribution in [-0.4, -0.2) is 15.9 Å². The Hall–Kier alpha value is -2.54. The molecule has 1 amide bonds. The van der Waals surface area contributed by atoms with Crippen molar-refractivity contribution >= 4 is 23.1 Å². The average molecular weight is 305 g/mol. The molecular weight excluding hydrogens is 293 g/mol. The van der Waals surface area contributed by atoms with E-state index in [-0.39, 0.29) is 22.8 Å². The molecular formula is C14H12FN3O2S. The standard InChI is InChI=1S/C14H12FN3O2S/c15-10-6-8(13(16)21)4-5-9(10)7-17-14(20)11-2-1-3-12(19)18-11/h1-6H,7H2,(H2,16,21)(H,17,20)(H,18,19). The SMILES string of the molecule is NC(=S)c1ccc(CNC(=O)c2cccc(=O)[nH]2)c(F)c1. The van der Waals surface area contributed by atoms with Crippen LogP contribution in [-0.2, 0) is 6.54 Å². The van der Waals surface area contributed by atoms with E-state index in [9.17, 15) is 14.0 Å². The maximum Gasteiger partial charge on any atom is 0.268 e. The van der Waals surface area contributed by atoms with Crippen molar-refractivity contribution in [3.05, 3.63) is 69.4 Å². The van der Waals surface area contributed by atoms with E-state index in [0.29, 0.717) is 11.1 Å². The Morgan fingerprint density at radius 3 is 2.71 bits per heavy atom. The topological polar surface area (TPSA) is 88.0 Å². The first-order valence-electron chi connectivity index (χ1n) is 6.03. The molecule has 5 nitrogen and oxygen atoms in total. The van der Waals surface area contributed by atoms with Crippen molar-refractivity contribution < 1.29 is 9.18 Å². The van der Waals surface area contributed by atoms with Gasteiger partial charge in [0.1, 0.15) is 16.5 Å². The van der Waals surface area contributed by atoms with Gasteiger partial charge in [0.25, 0.3) is 5.91 Å². The third-order valence-corrected chi connectivity index (χ3v) is 3.03. The van der Waals surface area contributed by atoms with Crippen molar-refractivity contribution in [3.63, 3.8) is 0 Å². The summed E-state index contributed by atoms with van der Waals surface area (Å²) >= 11 is 4.75. The van der Waals surface area contributed by atoms with Gasteiger partial charge in [-0.3, -0.25) is 9.59 Å². The lowest BCUT2D eigenvalue weighted by Crippen LogP contribution is -2.26. The van der Waals surface area contributed by atoms with Crippen LogP contribution in [0.4, 0.5) is 4.39 Å². The number of hydrogen-bond donors (Lipinski definition) is 3. The minimum atomic E-state index is -0.512. The number of H-pyrrole nitrogens is 1. The summed E-state index contributed by atoms with van der Waals surface area (Å²) in [6, 6.07) is 8.52. The first-order valence-corrected chi connectivity index (χ1v) is 6.44. The lowest BCUT2D eigenvalue weighted by atomic mass is 10.1. The molecule has 0 aliphatic heterocycles. The van der Waals surface area contributed by atoms with Gasteiger partial charge in [0.15, 0.2) is 0 Å². The van der Waals surface area contributed by atoms with Crippen LogP contribution < -0.4 is 16.6 Å². The molecule has 0 saturated heterocycles. The molecule has 0 spiro atoms. The summed E-state index contributed by atoms with van der Waals surface area (Å²) in [7, 11) is 0. The number of carbonyl (C=O) groups is 1. The Morgan fingerprint density at radius 1 is 1.33 bits per heavy atom. The molecule has 1 aromatic heterocycles. The Labute approximate surface area is 125 Å². The second-order valence-electron chi connectivity index (χ2n) is 4.28. The van der Waals surface area contributed by atoms with Gasteiger partial charge < -0.3 is 16.0 Å². The van der Waals surface area contributed by atoms with Gasteiger partial charge in [0.05, 0.1) is 0 Å². The quantitative estimate of drug-likeness (QED) is 0.738. The zero-order chi connectivity index (χ0) is 15.4. The normalized spacial score (nSPS) is 10.1. The van der Waals surface area contributed by atoms with E-state index in [1.807, 2.05) is 0 Å². The van der Waals surface area contributed by atoms with Crippen molar-refractivity contribution in [1.29, 1.82) is 0 Å². The highest BCUT2D eigenvalue weighted by atomic mass is 32.1. The zero-order valence-corrected chi connectivity index (χ0v) is 11.7. The molecule has 0 saturated carbocycles. The number of carbonyl (C=O) groups excluding carboxylic acids is 1. The maximum atomic E-state index is 13.8. The van der Waals surface area contributed by atoms with Gasteiger partial charge in [-0.2, -0.15) is 0 Å². The summed E-state index contributed by atoms with van der Waals surface area (Å²) in [6.45, 7) is -0.0147. The Kier molecular flexibility index (Phi) is 4.44. The highest BCUT2D eigenvalue weighted by Gasteiger charge is 2.09. The second-order valence-corrected chi connectivity index (χ2v) is 4.72. The number of benzene rings is 1. The first-order chi connectivity index (χ1) is 9.97. The van der Waals surface area contributed by atoms with Crippen molar-refractivity contribution in [1.82, 2.24) is 10.3 Å². The molecule has 0 aliphatic rings. The Morgan fingerprint density at radius 2 is 2.10 bits per heavy atom. The molecule has 1 heterocycles. The first kappa shape index (κ1) is 14.9. The number of pyridine rings is 1. The van der Waals surface area contributed by atoms with Crippen LogP contribution in [0.25, 0.3) is 0 Å². The van der Waals surface area contributed by atoms with Crippen LogP contribution in [0, 0.1) is 5.82 Å². The van der Waals surface area contributed by atoms with Gasteiger partial charge in [-0.1, -0.05) is 30.4 Å². The van der Waals surface area contributed by atoms with E-state index >= 15 is 0 Å². The van der Waals surface area contributed by atoms with Crippen LogP contribution in [0.2, 0.25) is 0 Å². The predicted molar refractivity (Wildman–Crippen MR) is 80.5 cm³/mol. The molecule has 2 aromatic rings. The molecule has 0 radical (unpaired) electrons. The molecule has 108 valence electrons. The highest BCUT2D eigenvalue weighted by Crippen LogP contribution is 2.10. The lowest BCUT2D eigenvalue weighted by molar-refractivity contribution is 0.0945. The van der Waals surface area contributed by atoms with Crippen LogP contribution in [0.1, 0.15) is 21.6 Å². The third kappa shape index (κ3) is 3.73. The number of halogens is 1. The maximum absolute atomic E-state index is 13.8. The van der Waals surface area contributed by atoms with E-state index < -0.39 is 11.7 Å². The number of amides is 1. The molecule has 4 N–H and O–H groups in total. The minimum Gasteiger partial charge on any atom is -0.389 e. The second kappa shape index (κ2) is 6.27. The largest absolute Gasteiger partial charge is 0.389 e. The average Bonchev–Trinajstić information content (AvgIpc) is 2.45. The molecule has 2 rings (SSSR count). The van der Waals surface area contributed by atoms with Crippen LogP contribution in [0.3, 0.4) is 0 Å². The molecule has 0 fully saturated rings. The van der Waals surface area contributed by atoms with Crippen molar-refractivity contribution in [2.24, 2.45) is 5.73 Å². The van der Waals surface area contributed by atoms with E-state index in [4.69, 9.17) is 18.0 Å². The summed E-state index contributed by atoms with van der Waals surface area (Å²) in [4.78, 5) is 25.4. The number of aromatic amines is 1. The fourth-order valence-corrected chi connectivity index (χ4v) is 1.82. The van der Waals surface area contributed by atoms with Gasteiger partial charge in [0, 0.05) is 23.7 Å². The smallest absolute Gasteiger partial charge is 0.268 e. The number of aromatic nitrogens is 1. The molecule has 0 bridgehead atoms. The van der Waals surface area contributed by atoms with Gasteiger partial charge >= 0.3 is 0 Å². The number of nitrogens with one attached hydrogen (secondary N) is 2. The van der Waals surface area contributed by atoms with Crippen molar-refractivity contribution in [3.8, 4) is 0 Å². The summed E-state index contributed by atoms with van der Waals surface area (Å²) in [5.74, 6) is -1.01. The fourth-order valence-electron chi connectivity index (χ4n) is 1.69. The van der Waals surface area contributed by atoms with Gasteiger partial charge in [-0.25, -0.2) is 4.39 Å². The molecule has 7 heteroatoms. The fraction of sp³-hybridized carbons (Fsp3) is 0.0714. The number of rotatable bonds is 4. The van der Waals surface area contributed by atoms with E-state index in [1.54, 1.807) is 6.07 Å². The van der Waals surface area contributed by atoms with E-state index in [1.165, 1.54) is 30.3 Å². The molecule has 0 atom stereocenters. The predicted octanol–water partition coefficient (Wildman–Crippen LogP) is 1.08. The van der Waals surface area contributed by atoms with Crippen LogP contribution in [0.5, 0.6) is 0 Å². The molecule has 1 aromatic carbocycles. The van der Waals surface area contributed by atoms with Crippen LogP contribution >= 0.6 is 12.2 Å². The summed E-state index contributed by atoms with van der Waals surface area (Å²) < 4.78 is 13.8. The van der Waals surface area contributed by atoms with Crippen molar-refractivity contribution in [2.45, 2.75) is 6.54 Å². The van der Waals surface area contributed by atoms with Crippen LogP contribution in [0.15, 0.2) is 41.2 Å².